The summed E-state index contributed by atoms with van der Waals surface area (Å²) in [6.45, 7) is 3.10. The van der Waals surface area contributed by atoms with E-state index in [0.29, 0.717) is 0 Å². The number of ether oxygens (including phenoxy) is 1. The second-order valence-corrected chi connectivity index (χ2v) is 4.28. The van der Waals surface area contributed by atoms with E-state index in [9.17, 15) is 4.79 Å². The first-order valence-electron chi connectivity index (χ1n) is 6.06. The van der Waals surface area contributed by atoms with Crippen molar-refractivity contribution in [2.24, 2.45) is 0 Å². The summed E-state index contributed by atoms with van der Waals surface area (Å²) < 4.78 is 4.57. The number of H-pyrrole nitrogens is 1. The number of methoxy groups -OCH3 is 1. The SMILES string of the molecule is COC(=O)CNCCc1c(C)[nH]c2ccccc12. The number of benzene rings is 1. The van der Waals surface area contributed by atoms with Crippen molar-refractivity contribution < 1.29 is 9.53 Å². The molecule has 1 aromatic heterocycles. The monoisotopic (exact) mass is 246 g/mol. The summed E-state index contributed by atoms with van der Waals surface area (Å²) in [7, 11) is 1.40. The zero-order valence-corrected chi connectivity index (χ0v) is 10.7. The molecule has 1 heterocycles. The number of carbonyl (C=O) groups is 1. The number of carbonyl (C=O) groups excluding carboxylic acids is 1. The van der Waals surface area contributed by atoms with Crippen molar-refractivity contribution >= 4 is 16.9 Å². The van der Waals surface area contributed by atoms with Gasteiger partial charge in [-0.15, -0.1) is 0 Å². The molecule has 4 nitrogen and oxygen atoms in total. The van der Waals surface area contributed by atoms with E-state index in [4.69, 9.17) is 0 Å². The van der Waals surface area contributed by atoms with Crippen LogP contribution in [0.15, 0.2) is 24.3 Å². The molecular weight excluding hydrogens is 228 g/mol. The first kappa shape index (κ1) is 12.6. The van der Waals surface area contributed by atoms with Crippen LogP contribution in [0, 0.1) is 6.92 Å². The predicted octanol–water partition coefficient (Wildman–Crippen LogP) is 1.78. The van der Waals surface area contributed by atoms with Crippen LogP contribution in [0.1, 0.15) is 11.3 Å². The van der Waals surface area contributed by atoms with Gasteiger partial charge in [-0.2, -0.15) is 0 Å². The molecule has 0 spiro atoms. The second kappa shape index (κ2) is 5.69. The van der Waals surface area contributed by atoms with Crippen LogP contribution in [0.5, 0.6) is 0 Å². The van der Waals surface area contributed by atoms with Crippen LogP contribution in [0.3, 0.4) is 0 Å². The lowest BCUT2D eigenvalue weighted by Gasteiger charge is -2.04. The van der Waals surface area contributed by atoms with Gasteiger partial charge in [-0.3, -0.25) is 4.79 Å². The normalized spacial score (nSPS) is 10.8. The highest BCUT2D eigenvalue weighted by Gasteiger charge is 2.07. The van der Waals surface area contributed by atoms with Gasteiger partial charge in [0, 0.05) is 16.6 Å². The summed E-state index contributed by atoms with van der Waals surface area (Å²) in [6.07, 6.45) is 0.896. The lowest BCUT2D eigenvalue weighted by molar-refractivity contribution is -0.139. The number of aromatic nitrogens is 1. The van der Waals surface area contributed by atoms with Crippen molar-refractivity contribution in [2.75, 3.05) is 20.2 Å². The van der Waals surface area contributed by atoms with Gasteiger partial charge in [-0.1, -0.05) is 18.2 Å². The number of rotatable bonds is 5. The molecule has 0 saturated carbocycles. The van der Waals surface area contributed by atoms with Crippen LogP contribution in [0.2, 0.25) is 0 Å². The van der Waals surface area contributed by atoms with E-state index in [1.807, 2.05) is 12.1 Å². The fourth-order valence-corrected chi connectivity index (χ4v) is 2.13. The van der Waals surface area contributed by atoms with Gasteiger partial charge in [0.05, 0.1) is 13.7 Å². The van der Waals surface area contributed by atoms with Crippen molar-refractivity contribution in [2.45, 2.75) is 13.3 Å². The van der Waals surface area contributed by atoms with E-state index in [0.717, 1.165) is 18.5 Å². The van der Waals surface area contributed by atoms with Crippen molar-refractivity contribution in [3.05, 3.63) is 35.5 Å². The standard InChI is InChI=1S/C14H18N2O2/c1-10-11(7-8-15-9-14(17)18-2)12-5-3-4-6-13(12)16-10/h3-6,15-16H,7-9H2,1-2H3. The number of aryl methyl sites for hydroxylation is 1. The van der Waals surface area contributed by atoms with Crippen molar-refractivity contribution in [1.29, 1.82) is 0 Å². The van der Waals surface area contributed by atoms with E-state index in [1.54, 1.807) is 0 Å². The van der Waals surface area contributed by atoms with Crippen LogP contribution in [0.4, 0.5) is 0 Å². The van der Waals surface area contributed by atoms with E-state index in [2.05, 4.69) is 34.1 Å². The molecular formula is C14H18N2O2. The Balaban J connectivity index is 1.99. The maximum absolute atomic E-state index is 11.0. The van der Waals surface area contributed by atoms with Gasteiger partial charge in [-0.05, 0) is 31.5 Å². The predicted molar refractivity (Wildman–Crippen MR) is 71.6 cm³/mol. The Labute approximate surface area is 106 Å². The van der Waals surface area contributed by atoms with Crippen LogP contribution in [-0.2, 0) is 16.0 Å². The second-order valence-electron chi connectivity index (χ2n) is 4.28. The van der Waals surface area contributed by atoms with Crippen LogP contribution in [0.25, 0.3) is 10.9 Å². The fourth-order valence-electron chi connectivity index (χ4n) is 2.13. The minimum absolute atomic E-state index is 0.231. The van der Waals surface area contributed by atoms with Gasteiger partial charge < -0.3 is 15.0 Å². The highest BCUT2D eigenvalue weighted by atomic mass is 16.5. The summed E-state index contributed by atoms with van der Waals surface area (Å²) in [5, 5.41) is 4.34. The Morgan fingerprint density at radius 2 is 2.17 bits per heavy atom. The molecule has 1 aromatic carbocycles. The molecule has 0 atom stereocenters. The Hall–Kier alpha value is -1.81. The van der Waals surface area contributed by atoms with Crippen molar-refractivity contribution in [1.82, 2.24) is 10.3 Å². The van der Waals surface area contributed by atoms with Gasteiger partial charge in [0.15, 0.2) is 0 Å². The van der Waals surface area contributed by atoms with E-state index in [1.165, 1.54) is 23.8 Å². The molecule has 96 valence electrons. The molecule has 18 heavy (non-hydrogen) atoms. The van der Waals surface area contributed by atoms with E-state index in [-0.39, 0.29) is 12.5 Å². The highest BCUT2D eigenvalue weighted by molar-refractivity contribution is 5.84. The molecule has 0 unspecified atom stereocenters. The number of nitrogens with one attached hydrogen (secondary N) is 2. The van der Waals surface area contributed by atoms with Gasteiger partial charge in [-0.25, -0.2) is 0 Å². The Morgan fingerprint density at radius 3 is 2.94 bits per heavy atom. The molecule has 0 aliphatic carbocycles. The van der Waals surface area contributed by atoms with Crippen LogP contribution in [-0.4, -0.2) is 31.2 Å². The number of aromatic amines is 1. The zero-order valence-electron chi connectivity index (χ0n) is 10.7. The summed E-state index contributed by atoms with van der Waals surface area (Å²) in [5.41, 5.74) is 3.66. The first-order chi connectivity index (χ1) is 8.72. The Morgan fingerprint density at radius 1 is 1.39 bits per heavy atom. The molecule has 2 aromatic rings. The van der Waals surface area contributed by atoms with Gasteiger partial charge in [0.2, 0.25) is 0 Å². The van der Waals surface area contributed by atoms with E-state index >= 15 is 0 Å². The quantitative estimate of drug-likeness (QED) is 0.624. The molecule has 0 bridgehead atoms. The maximum Gasteiger partial charge on any atom is 0.319 e. The Kier molecular flexibility index (Phi) is 3.99. The topological polar surface area (TPSA) is 54.1 Å². The molecule has 0 aliphatic rings. The summed E-state index contributed by atoms with van der Waals surface area (Å²) >= 11 is 0. The third-order valence-electron chi connectivity index (χ3n) is 3.08. The smallest absolute Gasteiger partial charge is 0.319 e. The number of hydrogen-bond acceptors (Lipinski definition) is 3. The molecule has 0 radical (unpaired) electrons. The van der Waals surface area contributed by atoms with Gasteiger partial charge in [0.25, 0.3) is 0 Å². The Bertz CT molecular complexity index is 546. The minimum atomic E-state index is -0.231. The number of fused-ring (bicyclic) bond motifs is 1. The largest absolute Gasteiger partial charge is 0.468 e. The maximum atomic E-state index is 11.0. The zero-order chi connectivity index (χ0) is 13.0. The molecule has 0 fully saturated rings. The highest BCUT2D eigenvalue weighted by Crippen LogP contribution is 2.21. The molecule has 0 aliphatic heterocycles. The average molecular weight is 246 g/mol. The summed E-state index contributed by atoms with van der Waals surface area (Å²) in [5.74, 6) is -0.231. The summed E-state index contributed by atoms with van der Waals surface area (Å²) in [6, 6.07) is 8.26. The lowest BCUT2D eigenvalue weighted by Crippen LogP contribution is -2.25. The van der Waals surface area contributed by atoms with Gasteiger partial charge >= 0.3 is 5.97 Å². The number of esters is 1. The van der Waals surface area contributed by atoms with Crippen molar-refractivity contribution in [3.63, 3.8) is 0 Å². The van der Waals surface area contributed by atoms with Gasteiger partial charge in [0.1, 0.15) is 0 Å². The molecule has 4 heteroatoms. The van der Waals surface area contributed by atoms with Crippen LogP contribution < -0.4 is 5.32 Å². The van der Waals surface area contributed by atoms with E-state index < -0.39 is 0 Å². The first-order valence-corrected chi connectivity index (χ1v) is 6.06. The lowest BCUT2D eigenvalue weighted by atomic mass is 10.1. The average Bonchev–Trinajstić information content (AvgIpc) is 2.70. The summed E-state index contributed by atoms with van der Waals surface area (Å²) in [4.78, 5) is 14.3. The third kappa shape index (κ3) is 2.71. The molecule has 0 amide bonds. The minimum Gasteiger partial charge on any atom is -0.468 e. The van der Waals surface area contributed by atoms with Crippen molar-refractivity contribution in [3.8, 4) is 0 Å². The molecule has 2 rings (SSSR count). The number of hydrogen-bond donors (Lipinski definition) is 2. The third-order valence-corrected chi connectivity index (χ3v) is 3.08. The molecule has 0 saturated heterocycles. The fraction of sp³-hybridized carbons (Fsp3) is 0.357. The van der Waals surface area contributed by atoms with Crippen LogP contribution >= 0.6 is 0 Å². The number of para-hydroxylation sites is 1. The molecule has 2 N–H and O–H groups in total.